The molecule has 140 valence electrons. The number of aryl methyl sites for hydroxylation is 1. The monoisotopic (exact) mass is 350 g/mol. The van der Waals surface area contributed by atoms with Crippen molar-refractivity contribution >= 4 is 5.97 Å². The average molecular weight is 350 g/mol. The molecule has 1 aromatic rings. The lowest BCUT2D eigenvalue weighted by Crippen LogP contribution is -2.39. The number of morpholine rings is 1. The molecule has 1 heterocycles. The molecular weight excluding hydrogens is 320 g/mol. The molecule has 6 heteroatoms. The molecule has 1 aromatic carbocycles. The van der Waals surface area contributed by atoms with Crippen LogP contribution < -0.4 is 4.74 Å². The number of benzene rings is 1. The summed E-state index contributed by atoms with van der Waals surface area (Å²) in [5.74, 6) is -0.207. The van der Waals surface area contributed by atoms with Crippen LogP contribution >= 0.6 is 0 Å². The van der Waals surface area contributed by atoms with Crippen molar-refractivity contribution in [1.82, 2.24) is 9.80 Å². The van der Waals surface area contributed by atoms with Crippen LogP contribution in [-0.2, 0) is 9.53 Å². The minimum absolute atomic E-state index is 0.629. The van der Waals surface area contributed by atoms with Gasteiger partial charge in [-0.15, -0.1) is 0 Å². The molecule has 1 N–H and O–H groups in total. The minimum atomic E-state index is -0.836. The van der Waals surface area contributed by atoms with E-state index in [-0.39, 0.29) is 0 Å². The first-order valence-electron chi connectivity index (χ1n) is 8.98. The Morgan fingerprint density at radius 3 is 2.72 bits per heavy atom. The third-order valence-corrected chi connectivity index (χ3v) is 4.71. The first-order chi connectivity index (χ1) is 12.1. The summed E-state index contributed by atoms with van der Waals surface area (Å²) >= 11 is 0. The van der Waals surface area contributed by atoms with Gasteiger partial charge in [0.05, 0.1) is 20.3 Å². The third kappa shape index (κ3) is 5.42. The Bertz CT molecular complexity index is 558. The Kier molecular flexibility index (Phi) is 7.68. The van der Waals surface area contributed by atoms with Crippen LogP contribution in [0.15, 0.2) is 18.2 Å². The lowest BCUT2D eigenvalue weighted by molar-refractivity contribution is -0.143. The van der Waals surface area contributed by atoms with Gasteiger partial charge in [-0.25, -0.2) is 0 Å². The molecule has 6 nitrogen and oxygen atoms in total. The number of rotatable bonds is 9. The second-order valence-corrected chi connectivity index (χ2v) is 6.42. The van der Waals surface area contributed by atoms with Crippen molar-refractivity contribution in [2.24, 2.45) is 0 Å². The maximum absolute atomic E-state index is 12.0. The molecule has 1 aliphatic rings. The zero-order valence-electron chi connectivity index (χ0n) is 15.5. The van der Waals surface area contributed by atoms with Crippen LogP contribution in [0.1, 0.15) is 30.5 Å². The fourth-order valence-electron chi connectivity index (χ4n) is 3.35. The smallest absolute Gasteiger partial charge is 0.325 e. The molecule has 0 spiro atoms. The van der Waals surface area contributed by atoms with Crippen LogP contribution in [0.4, 0.5) is 0 Å². The lowest BCUT2D eigenvalue weighted by Gasteiger charge is -2.31. The molecule has 2 rings (SSSR count). The van der Waals surface area contributed by atoms with Crippen molar-refractivity contribution in [3.63, 3.8) is 0 Å². The molecule has 25 heavy (non-hydrogen) atoms. The van der Waals surface area contributed by atoms with Gasteiger partial charge in [0.1, 0.15) is 11.8 Å². The molecular formula is C19H30N2O4. The molecule has 0 bridgehead atoms. The first-order valence-corrected chi connectivity index (χ1v) is 8.98. The Morgan fingerprint density at radius 1 is 1.40 bits per heavy atom. The Balaban J connectivity index is 2.08. The third-order valence-electron chi connectivity index (χ3n) is 4.71. The number of hydrogen-bond donors (Lipinski definition) is 1. The summed E-state index contributed by atoms with van der Waals surface area (Å²) in [6.45, 7) is 9.85. The number of carboxylic acids is 1. The number of carboxylic acid groups (broad SMARTS) is 1. The molecule has 0 saturated carbocycles. The Hall–Kier alpha value is -1.63. The zero-order chi connectivity index (χ0) is 18.2. The molecule has 0 aliphatic carbocycles. The van der Waals surface area contributed by atoms with Crippen LogP contribution in [0.25, 0.3) is 0 Å². The zero-order valence-corrected chi connectivity index (χ0v) is 15.5. The van der Waals surface area contributed by atoms with Crippen LogP contribution in [-0.4, -0.2) is 73.9 Å². The van der Waals surface area contributed by atoms with Gasteiger partial charge >= 0.3 is 5.97 Å². The molecule has 1 saturated heterocycles. The van der Waals surface area contributed by atoms with E-state index in [0.29, 0.717) is 12.3 Å². The quantitative estimate of drug-likeness (QED) is 0.736. The topological polar surface area (TPSA) is 62.2 Å². The number of carbonyl (C=O) groups is 1. The minimum Gasteiger partial charge on any atom is -0.496 e. The van der Waals surface area contributed by atoms with Gasteiger partial charge in [-0.1, -0.05) is 24.6 Å². The largest absolute Gasteiger partial charge is 0.496 e. The van der Waals surface area contributed by atoms with Crippen molar-refractivity contribution in [1.29, 1.82) is 0 Å². The van der Waals surface area contributed by atoms with Crippen LogP contribution in [0.5, 0.6) is 5.75 Å². The highest BCUT2D eigenvalue weighted by Crippen LogP contribution is 2.30. The van der Waals surface area contributed by atoms with Gasteiger partial charge in [-0.2, -0.15) is 0 Å². The van der Waals surface area contributed by atoms with Crippen LogP contribution in [0, 0.1) is 6.92 Å². The van der Waals surface area contributed by atoms with Gasteiger partial charge in [0, 0.05) is 25.2 Å². The fourth-order valence-corrected chi connectivity index (χ4v) is 3.35. The van der Waals surface area contributed by atoms with E-state index >= 15 is 0 Å². The van der Waals surface area contributed by atoms with E-state index < -0.39 is 12.0 Å². The second-order valence-electron chi connectivity index (χ2n) is 6.42. The van der Waals surface area contributed by atoms with Crippen molar-refractivity contribution in [2.75, 3.05) is 53.0 Å². The molecule has 1 fully saturated rings. The molecule has 0 amide bonds. The standard InChI is InChI=1S/C19H30N2O4/c1-4-21(9-5-8-20-10-12-25-13-11-20)18(19(22)23)16-14-15(2)6-7-17(16)24-3/h6-7,14,18H,4-5,8-13H2,1-3H3,(H,22,23)/t18-/m0/s1. The van der Waals surface area contributed by atoms with Crippen molar-refractivity contribution in [3.8, 4) is 5.75 Å². The number of methoxy groups -OCH3 is 1. The number of hydrogen-bond acceptors (Lipinski definition) is 5. The number of ether oxygens (including phenoxy) is 2. The summed E-state index contributed by atoms with van der Waals surface area (Å²) in [4.78, 5) is 16.4. The van der Waals surface area contributed by atoms with Crippen molar-refractivity contribution < 1.29 is 19.4 Å². The van der Waals surface area contributed by atoms with Crippen molar-refractivity contribution in [3.05, 3.63) is 29.3 Å². The highest BCUT2D eigenvalue weighted by atomic mass is 16.5. The van der Waals surface area contributed by atoms with E-state index in [1.165, 1.54) is 0 Å². The molecule has 0 aromatic heterocycles. The normalized spacial score (nSPS) is 16.8. The van der Waals surface area contributed by atoms with Crippen LogP contribution in [0.3, 0.4) is 0 Å². The Labute approximate surface area is 150 Å². The first kappa shape index (κ1) is 19.7. The van der Waals surface area contributed by atoms with E-state index in [2.05, 4.69) is 4.90 Å². The summed E-state index contributed by atoms with van der Waals surface area (Å²) < 4.78 is 10.8. The Morgan fingerprint density at radius 2 is 2.12 bits per heavy atom. The number of nitrogens with zero attached hydrogens (tertiary/aromatic N) is 2. The van der Waals surface area contributed by atoms with E-state index in [9.17, 15) is 9.90 Å². The summed E-state index contributed by atoms with van der Waals surface area (Å²) in [5, 5.41) is 9.86. The van der Waals surface area contributed by atoms with Gasteiger partial charge in [-0.3, -0.25) is 14.6 Å². The fraction of sp³-hybridized carbons (Fsp3) is 0.632. The van der Waals surface area contributed by atoms with Gasteiger partial charge in [-0.05, 0) is 32.5 Å². The number of likely N-dealkylation sites (N-methyl/N-ethyl adjacent to an activating group) is 1. The van der Waals surface area contributed by atoms with Gasteiger partial charge in [0.25, 0.3) is 0 Å². The maximum Gasteiger partial charge on any atom is 0.325 e. The molecule has 1 atom stereocenters. The molecule has 1 aliphatic heterocycles. The predicted octanol–water partition coefficient (Wildman–Crippen LogP) is 2.17. The lowest BCUT2D eigenvalue weighted by atomic mass is 10.0. The van der Waals surface area contributed by atoms with E-state index in [4.69, 9.17) is 9.47 Å². The van der Waals surface area contributed by atoms with E-state index in [1.807, 2.05) is 36.9 Å². The van der Waals surface area contributed by atoms with Gasteiger partial charge in [0.2, 0.25) is 0 Å². The van der Waals surface area contributed by atoms with Crippen molar-refractivity contribution in [2.45, 2.75) is 26.3 Å². The molecule has 0 radical (unpaired) electrons. The number of aliphatic carboxylic acids is 1. The predicted molar refractivity (Wildman–Crippen MR) is 97.2 cm³/mol. The summed E-state index contributed by atoms with van der Waals surface area (Å²) in [7, 11) is 1.59. The SMILES string of the molecule is CCN(CCCN1CCOCC1)[C@H](C(=O)O)c1cc(C)ccc1OC. The highest BCUT2D eigenvalue weighted by molar-refractivity contribution is 5.77. The van der Waals surface area contributed by atoms with Gasteiger partial charge < -0.3 is 14.6 Å². The maximum atomic E-state index is 12.0. The van der Waals surface area contributed by atoms with Gasteiger partial charge in [0.15, 0.2) is 0 Å². The summed E-state index contributed by atoms with van der Waals surface area (Å²) in [6.07, 6.45) is 0.936. The second kappa shape index (κ2) is 9.75. The summed E-state index contributed by atoms with van der Waals surface area (Å²) in [5.41, 5.74) is 1.76. The molecule has 0 unspecified atom stereocenters. The average Bonchev–Trinajstić information content (AvgIpc) is 2.61. The van der Waals surface area contributed by atoms with E-state index in [1.54, 1.807) is 7.11 Å². The highest BCUT2D eigenvalue weighted by Gasteiger charge is 2.29. The van der Waals surface area contributed by atoms with E-state index in [0.717, 1.165) is 56.9 Å². The summed E-state index contributed by atoms with van der Waals surface area (Å²) in [6, 6.07) is 5.02. The van der Waals surface area contributed by atoms with Crippen LogP contribution in [0.2, 0.25) is 0 Å².